The van der Waals surface area contributed by atoms with Gasteiger partial charge in [-0.15, -0.1) is 0 Å². The van der Waals surface area contributed by atoms with E-state index < -0.39 is 0 Å². The minimum atomic E-state index is -0.127. The number of carbonyl (C=O) groups is 1. The molecule has 34 heavy (non-hydrogen) atoms. The molecule has 0 aromatic heterocycles. The Bertz CT molecular complexity index is 968. The Hall–Kier alpha value is -2.79. The molecule has 1 aliphatic carbocycles. The number of carbonyl (C=O) groups excluding carboxylic acids is 1. The largest absolute Gasteiger partial charge is 0.493 e. The molecule has 0 saturated carbocycles. The number of nitrogens with zero attached hydrogens (tertiary/aromatic N) is 1. The van der Waals surface area contributed by atoms with E-state index in [0.29, 0.717) is 17.5 Å². The Labute approximate surface area is 203 Å². The first-order valence-electron chi connectivity index (χ1n) is 13.0. The van der Waals surface area contributed by atoms with Crippen LogP contribution < -0.4 is 14.8 Å². The number of rotatable bonds is 7. The SMILES string of the molecule is O=C(Nc1ccc(OC[C@@H]2CCCN3CCCC[C@H]23)cc1)c1ccc(OC2C=CCCC2)cc1. The maximum Gasteiger partial charge on any atom is 0.255 e. The van der Waals surface area contributed by atoms with Crippen LogP contribution >= 0.6 is 0 Å². The first-order valence-corrected chi connectivity index (χ1v) is 13.0. The van der Waals surface area contributed by atoms with E-state index in [0.717, 1.165) is 43.1 Å². The molecule has 0 spiro atoms. The third-order valence-corrected chi connectivity index (χ3v) is 7.42. The number of fused-ring (bicyclic) bond motifs is 1. The average Bonchev–Trinajstić information content (AvgIpc) is 2.89. The van der Waals surface area contributed by atoms with Gasteiger partial charge in [-0.05, 0) is 113 Å². The zero-order valence-electron chi connectivity index (χ0n) is 20.0. The summed E-state index contributed by atoms with van der Waals surface area (Å²) in [7, 11) is 0. The summed E-state index contributed by atoms with van der Waals surface area (Å²) in [6.45, 7) is 3.28. The maximum absolute atomic E-state index is 12.7. The van der Waals surface area contributed by atoms with Crippen molar-refractivity contribution < 1.29 is 14.3 Å². The van der Waals surface area contributed by atoms with Crippen molar-refractivity contribution in [3.05, 3.63) is 66.2 Å². The Morgan fingerprint density at radius 1 is 0.882 bits per heavy atom. The van der Waals surface area contributed by atoms with E-state index >= 15 is 0 Å². The molecule has 1 N–H and O–H groups in total. The molecular formula is C29H36N2O3. The van der Waals surface area contributed by atoms with E-state index in [9.17, 15) is 4.79 Å². The maximum atomic E-state index is 12.7. The first kappa shape index (κ1) is 23.0. The van der Waals surface area contributed by atoms with Crippen molar-refractivity contribution in [3.8, 4) is 11.5 Å². The second kappa shape index (κ2) is 11.1. The second-order valence-electron chi connectivity index (χ2n) is 9.83. The number of hydrogen-bond donors (Lipinski definition) is 1. The molecule has 180 valence electrons. The summed E-state index contributed by atoms with van der Waals surface area (Å²) in [6.07, 6.45) is 14.3. The van der Waals surface area contributed by atoms with Crippen LogP contribution in [0.3, 0.4) is 0 Å². The van der Waals surface area contributed by atoms with E-state index in [1.165, 1.54) is 45.2 Å². The van der Waals surface area contributed by atoms with Crippen LogP contribution in [-0.2, 0) is 0 Å². The van der Waals surface area contributed by atoms with E-state index in [1.807, 2.05) is 48.5 Å². The van der Waals surface area contributed by atoms with Gasteiger partial charge in [0.25, 0.3) is 5.91 Å². The molecule has 5 nitrogen and oxygen atoms in total. The molecule has 3 aliphatic rings. The average molecular weight is 461 g/mol. The van der Waals surface area contributed by atoms with Crippen LogP contribution in [-0.4, -0.2) is 42.6 Å². The third kappa shape index (κ3) is 5.82. The molecule has 0 radical (unpaired) electrons. The summed E-state index contributed by atoms with van der Waals surface area (Å²) in [5.41, 5.74) is 1.38. The number of ether oxygens (including phenoxy) is 2. The quantitative estimate of drug-likeness (QED) is 0.510. The van der Waals surface area contributed by atoms with Gasteiger partial charge in [-0.25, -0.2) is 0 Å². The molecule has 0 bridgehead atoms. The van der Waals surface area contributed by atoms with Crippen LogP contribution in [0.25, 0.3) is 0 Å². The zero-order valence-corrected chi connectivity index (χ0v) is 20.0. The van der Waals surface area contributed by atoms with Crippen LogP contribution in [0.4, 0.5) is 5.69 Å². The minimum Gasteiger partial charge on any atom is -0.493 e. The van der Waals surface area contributed by atoms with Crippen molar-refractivity contribution in [3.63, 3.8) is 0 Å². The Kier molecular flexibility index (Phi) is 7.49. The molecular weight excluding hydrogens is 424 g/mol. The van der Waals surface area contributed by atoms with Gasteiger partial charge in [0.2, 0.25) is 0 Å². The van der Waals surface area contributed by atoms with Crippen molar-refractivity contribution in [1.82, 2.24) is 4.90 Å². The van der Waals surface area contributed by atoms with Gasteiger partial charge in [0.1, 0.15) is 17.6 Å². The summed E-state index contributed by atoms with van der Waals surface area (Å²) < 4.78 is 12.1. The number of anilines is 1. The molecule has 2 aromatic carbocycles. The lowest BCUT2D eigenvalue weighted by molar-refractivity contribution is 0.0366. The van der Waals surface area contributed by atoms with Gasteiger partial charge in [-0.3, -0.25) is 9.69 Å². The van der Waals surface area contributed by atoms with E-state index in [4.69, 9.17) is 9.47 Å². The monoisotopic (exact) mass is 460 g/mol. The van der Waals surface area contributed by atoms with Gasteiger partial charge in [0, 0.05) is 23.2 Å². The van der Waals surface area contributed by atoms with E-state index in [-0.39, 0.29) is 12.0 Å². The summed E-state index contributed by atoms with van der Waals surface area (Å²) in [5.74, 6) is 2.15. The number of allylic oxidation sites excluding steroid dienone is 1. The zero-order chi connectivity index (χ0) is 23.2. The van der Waals surface area contributed by atoms with Crippen molar-refractivity contribution in [2.45, 2.75) is 63.5 Å². The van der Waals surface area contributed by atoms with Crippen LogP contribution in [0.15, 0.2) is 60.7 Å². The molecule has 1 amide bonds. The van der Waals surface area contributed by atoms with Gasteiger partial charge >= 0.3 is 0 Å². The van der Waals surface area contributed by atoms with E-state index in [1.54, 1.807) is 0 Å². The molecule has 5 heteroatoms. The first-order chi connectivity index (χ1) is 16.7. The fourth-order valence-corrected chi connectivity index (χ4v) is 5.55. The predicted octanol–water partition coefficient (Wildman–Crippen LogP) is 6.07. The third-order valence-electron chi connectivity index (χ3n) is 7.42. The lowest BCUT2D eigenvalue weighted by Gasteiger charge is -2.44. The molecule has 1 unspecified atom stereocenters. The Morgan fingerprint density at radius 2 is 1.68 bits per heavy atom. The highest BCUT2D eigenvalue weighted by Crippen LogP contribution is 2.31. The predicted molar refractivity (Wildman–Crippen MR) is 136 cm³/mol. The lowest BCUT2D eigenvalue weighted by atomic mass is 9.84. The highest BCUT2D eigenvalue weighted by atomic mass is 16.5. The van der Waals surface area contributed by atoms with Crippen LogP contribution in [0.5, 0.6) is 11.5 Å². The molecule has 2 aromatic rings. The number of amides is 1. The van der Waals surface area contributed by atoms with E-state index in [2.05, 4.69) is 22.4 Å². The van der Waals surface area contributed by atoms with Gasteiger partial charge in [-0.1, -0.05) is 12.5 Å². The number of hydrogen-bond acceptors (Lipinski definition) is 4. The molecule has 2 aliphatic heterocycles. The second-order valence-corrected chi connectivity index (χ2v) is 9.83. The van der Waals surface area contributed by atoms with Gasteiger partial charge in [-0.2, -0.15) is 0 Å². The highest BCUT2D eigenvalue weighted by molar-refractivity contribution is 6.04. The van der Waals surface area contributed by atoms with Gasteiger partial charge in [0.05, 0.1) is 6.61 Å². The lowest BCUT2D eigenvalue weighted by Crippen LogP contribution is -2.49. The number of nitrogens with one attached hydrogen (secondary N) is 1. The molecule has 5 rings (SSSR count). The fraction of sp³-hybridized carbons (Fsp3) is 0.483. The standard InChI is InChI=1S/C29H36N2O3/c32-29(22-11-15-27(16-12-22)34-26-8-2-1-3-9-26)30-24-13-17-25(18-14-24)33-21-23-7-6-20-31-19-5-4-10-28(23)31/h2,8,11-18,23,26,28H,1,3-7,9-10,19-21H2,(H,30,32)/t23-,26?,28+/m0/s1. The van der Waals surface area contributed by atoms with Crippen molar-refractivity contribution in [2.75, 3.05) is 25.0 Å². The Balaban J connectivity index is 1.11. The fourth-order valence-electron chi connectivity index (χ4n) is 5.55. The smallest absolute Gasteiger partial charge is 0.255 e. The van der Waals surface area contributed by atoms with Crippen molar-refractivity contribution in [1.29, 1.82) is 0 Å². The molecule has 2 saturated heterocycles. The number of benzene rings is 2. The minimum absolute atomic E-state index is 0.127. The Morgan fingerprint density at radius 3 is 2.47 bits per heavy atom. The summed E-state index contributed by atoms with van der Waals surface area (Å²) in [4.78, 5) is 15.3. The summed E-state index contributed by atoms with van der Waals surface area (Å²) >= 11 is 0. The van der Waals surface area contributed by atoms with Crippen molar-refractivity contribution in [2.24, 2.45) is 5.92 Å². The van der Waals surface area contributed by atoms with Gasteiger partial charge < -0.3 is 14.8 Å². The van der Waals surface area contributed by atoms with Crippen LogP contribution in [0, 0.1) is 5.92 Å². The normalized spacial score (nSPS) is 24.8. The highest BCUT2D eigenvalue weighted by Gasteiger charge is 2.33. The van der Waals surface area contributed by atoms with Crippen LogP contribution in [0.1, 0.15) is 61.7 Å². The van der Waals surface area contributed by atoms with Crippen molar-refractivity contribution >= 4 is 11.6 Å². The number of piperidine rings is 2. The summed E-state index contributed by atoms with van der Waals surface area (Å²) in [5, 5.41) is 2.98. The molecule has 3 atom stereocenters. The molecule has 2 heterocycles. The van der Waals surface area contributed by atoms with Gasteiger partial charge in [0.15, 0.2) is 0 Å². The van der Waals surface area contributed by atoms with Crippen LogP contribution in [0.2, 0.25) is 0 Å². The molecule has 2 fully saturated rings. The summed E-state index contributed by atoms with van der Waals surface area (Å²) in [6, 6.07) is 15.8. The topological polar surface area (TPSA) is 50.8 Å².